The SMILES string of the molecule is COc1ccc(-c2csc(NC(=O)C3CCCN3C(=O)OCc3ccccc3)n2)cc1OC. The Balaban J connectivity index is 1.39. The summed E-state index contributed by atoms with van der Waals surface area (Å²) < 4.78 is 16.0. The minimum Gasteiger partial charge on any atom is -0.493 e. The van der Waals surface area contributed by atoms with Crippen LogP contribution in [-0.4, -0.2) is 48.7 Å². The predicted molar refractivity (Wildman–Crippen MR) is 126 cm³/mol. The minimum absolute atomic E-state index is 0.172. The molecule has 0 saturated carbocycles. The lowest BCUT2D eigenvalue weighted by Gasteiger charge is -2.22. The zero-order valence-corrected chi connectivity index (χ0v) is 19.3. The molecule has 1 unspecified atom stereocenters. The number of carbonyl (C=O) groups excluding carboxylic acids is 2. The summed E-state index contributed by atoms with van der Waals surface area (Å²) in [6, 6.07) is 14.4. The fourth-order valence-electron chi connectivity index (χ4n) is 3.71. The summed E-state index contributed by atoms with van der Waals surface area (Å²) in [5.74, 6) is 0.965. The molecule has 0 spiro atoms. The second-order valence-electron chi connectivity index (χ2n) is 7.49. The molecule has 2 aromatic carbocycles. The molecule has 1 fully saturated rings. The fraction of sp³-hybridized carbons (Fsp3) is 0.292. The van der Waals surface area contributed by atoms with Gasteiger partial charge in [0.15, 0.2) is 16.6 Å². The molecule has 9 heteroatoms. The van der Waals surface area contributed by atoms with Gasteiger partial charge in [0.1, 0.15) is 12.6 Å². The van der Waals surface area contributed by atoms with Crippen LogP contribution in [0, 0.1) is 0 Å². The van der Waals surface area contributed by atoms with Crippen LogP contribution in [0.4, 0.5) is 9.93 Å². The molecular formula is C24H25N3O5S. The number of ether oxygens (including phenoxy) is 3. The monoisotopic (exact) mass is 467 g/mol. The van der Waals surface area contributed by atoms with Gasteiger partial charge in [-0.2, -0.15) is 0 Å². The first-order valence-corrected chi connectivity index (χ1v) is 11.4. The summed E-state index contributed by atoms with van der Waals surface area (Å²) in [5, 5.41) is 5.17. The highest BCUT2D eigenvalue weighted by molar-refractivity contribution is 7.14. The number of nitrogens with one attached hydrogen (secondary N) is 1. The van der Waals surface area contributed by atoms with Gasteiger partial charge in [0, 0.05) is 17.5 Å². The molecule has 0 radical (unpaired) electrons. The summed E-state index contributed by atoms with van der Waals surface area (Å²) in [7, 11) is 3.16. The van der Waals surface area contributed by atoms with Gasteiger partial charge in [0.05, 0.1) is 19.9 Å². The van der Waals surface area contributed by atoms with Crippen molar-refractivity contribution >= 4 is 28.5 Å². The molecule has 3 aromatic rings. The van der Waals surface area contributed by atoms with E-state index < -0.39 is 12.1 Å². The molecule has 1 aliphatic rings. The Morgan fingerprint density at radius 1 is 1.12 bits per heavy atom. The molecule has 2 heterocycles. The summed E-state index contributed by atoms with van der Waals surface area (Å²) in [6.07, 6.45) is 0.842. The Morgan fingerprint density at radius 3 is 2.67 bits per heavy atom. The molecule has 1 aliphatic heterocycles. The van der Waals surface area contributed by atoms with Gasteiger partial charge in [0.2, 0.25) is 5.91 Å². The zero-order valence-electron chi connectivity index (χ0n) is 18.4. The van der Waals surface area contributed by atoms with Crippen LogP contribution >= 0.6 is 11.3 Å². The topological polar surface area (TPSA) is 90.0 Å². The maximum Gasteiger partial charge on any atom is 0.410 e. The standard InChI is InChI=1S/C24H25N3O5S/c1-30-20-11-10-17(13-21(20)31-2)18-15-33-23(25-18)26-22(28)19-9-6-12-27(19)24(29)32-14-16-7-4-3-5-8-16/h3-5,7-8,10-11,13,15,19H,6,9,12,14H2,1-2H3,(H,25,26,28). The Hall–Kier alpha value is -3.59. The Kier molecular flexibility index (Phi) is 7.09. The maximum atomic E-state index is 12.9. The lowest BCUT2D eigenvalue weighted by Crippen LogP contribution is -2.43. The number of amides is 2. The van der Waals surface area contributed by atoms with Gasteiger partial charge in [-0.05, 0) is 36.6 Å². The van der Waals surface area contributed by atoms with Gasteiger partial charge >= 0.3 is 6.09 Å². The number of hydrogen-bond donors (Lipinski definition) is 1. The number of methoxy groups -OCH3 is 2. The summed E-state index contributed by atoms with van der Waals surface area (Å²) >= 11 is 1.32. The molecule has 172 valence electrons. The largest absolute Gasteiger partial charge is 0.493 e. The molecule has 0 bridgehead atoms. The van der Waals surface area contributed by atoms with E-state index in [1.54, 1.807) is 14.2 Å². The van der Waals surface area contributed by atoms with E-state index in [0.717, 1.165) is 17.5 Å². The number of rotatable bonds is 7. The highest BCUT2D eigenvalue weighted by Crippen LogP contribution is 2.33. The Labute approximate surface area is 196 Å². The number of carbonyl (C=O) groups is 2. The number of benzene rings is 2. The first-order valence-electron chi connectivity index (χ1n) is 10.5. The second kappa shape index (κ2) is 10.4. The molecule has 1 N–H and O–H groups in total. The van der Waals surface area contributed by atoms with Gasteiger partial charge in [-0.25, -0.2) is 9.78 Å². The van der Waals surface area contributed by atoms with Crippen molar-refractivity contribution in [3.8, 4) is 22.8 Å². The average Bonchev–Trinajstić information content (AvgIpc) is 3.53. The Morgan fingerprint density at radius 2 is 1.91 bits per heavy atom. The van der Waals surface area contributed by atoms with Gasteiger partial charge in [0.25, 0.3) is 0 Å². The lowest BCUT2D eigenvalue weighted by molar-refractivity contribution is -0.120. The average molecular weight is 468 g/mol. The van der Waals surface area contributed by atoms with Crippen molar-refractivity contribution in [1.29, 1.82) is 0 Å². The molecule has 1 saturated heterocycles. The molecule has 1 aromatic heterocycles. The van der Waals surface area contributed by atoms with E-state index in [1.165, 1.54) is 16.2 Å². The van der Waals surface area contributed by atoms with Crippen LogP contribution in [0.15, 0.2) is 53.9 Å². The van der Waals surface area contributed by atoms with E-state index in [0.29, 0.717) is 35.3 Å². The number of anilines is 1. The van der Waals surface area contributed by atoms with Crippen LogP contribution in [0.3, 0.4) is 0 Å². The number of nitrogens with zero attached hydrogens (tertiary/aromatic N) is 2. The van der Waals surface area contributed by atoms with Crippen molar-refractivity contribution in [2.24, 2.45) is 0 Å². The van der Waals surface area contributed by atoms with Crippen LogP contribution < -0.4 is 14.8 Å². The van der Waals surface area contributed by atoms with Gasteiger partial charge in [-0.3, -0.25) is 9.69 Å². The van der Waals surface area contributed by atoms with Crippen LogP contribution in [-0.2, 0) is 16.1 Å². The molecular weight excluding hydrogens is 442 g/mol. The van der Waals surface area contributed by atoms with E-state index in [9.17, 15) is 9.59 Å². The van der Waals surface area contributed by atoms with Crippen LogP contribution in [0.25, 0.3) is 11.3 Å². The fourth-order valence-corrected chi connectivity index (χ4v) is 4.43. The van der Waals surface area contributed by atoms with Crippen LogP contribution in [0.1, 0.15) is 18.4 Å². The maximum absolute atomic E-state index is 12.9. The Bertz CT molecular complexity index is 1120. The minimum atomic E-state index is -0.582. The quantitative estimate of drug-likeness (QED) is 0.548. The molecule has 2 amide bonds. The van der Waals surface area contributed by atoms with E-state index in [1.807, 2.05) is 53.9 Å². The van der Waals surface area contributed by atoms with Crippen molar-refractivity contribution in [2.75, 3.05) is 26.1 Å². The highest BCUT2D eigenvalue weighted by Gasteiger charge is 2.35. The smallest absolute Gasteiger partial charge is 0.410 e. The van der Waals surface area contributed by atoms with Gasteiger partial charge in [-0.1, -0.05) is 30.3 Å². The molecule has 33 heavy (non-hydrogen) atoms. The molecule has 8 nitrogen and oxygen atoms in total. The van der Waals surface area contributed by atoms with Crippen molar-refractivity contribution < 1.29 is 23.8 Å². The third-order valence-corrected chi connectivity index (χ3v) is 6.17. The third-order valence-electron chi connectivity index (χ3n) is 5.41. The number of thiazole rings is 1. The first kappa shape index (κ1) is 22.6. The van der Waals surface area contributed by atoms with Crippen LogP contribution in [0.2, 0.25) is 0 Å². The number of hydrogen-bond acceptors (Lipinski definition) is 7. The van der Waals surface area contributed by atoms with Crippen molar-refractivity contribution in [1.82, 2.24) is 9.88 Å². The third kappa shape index (κ3) is 5.25. The molecule has 0 aliphatic carbocycles. The number of aromatic nitrogens is 1. The summed E-state index contributed by atoms with van der Waals surface area (Å²) in [6.45, 7) is 0.659. The van der Waals surface area contributed by atoms with E-state index in [-0.39, 0.29) is 12.5 Å². The van der Waals surface area contributed by atoms with E-state index >= 15 is 0 Å². The lowest BCUT2D eigenvalue weighted by atomic mass is 10.1. The number of likely N-dealkylation sites (tertiary alicyclic amines) is 1. The van der Waals surface area contributed by atoms with Gasteiger partial charge < -0.3 is 19.5 Å². The highest BCUT2D eigenvalue weighted by atomic mass is 32.1. The normalized spacial score (nSPS) is 15.2. The summed E-state index contributed by atoms with van der Waals surface area (Å²) in [4.78, 5) is 31.5. The van der Waals surface area contributed by atoms with E-state index in [4.69, 9.17) is 14.2 Å². The van der Waals surface area contributed by atoms with Crippen molar-refractivity contribution in [3.05, 3.63) is 59.5 Å². The van der Waals surface area contributed by atoms with Crippen molar-refractivity contribution in [2.45, 2.75) is 25.5 Å². The summed E-state index contributed by atoms with van der Waals surface area (Å²) in [5.41, 5.74) is 2.45. The van der Waals surface area contributed by atoms with Gasteiger partial charge in [-0.15, -0.1) is 11.3 Å². The molecule has 4 rings (SSSR count). The van der Waals surface area contributed by atoms with E-state index in [2.05, 4.69) is 10.3 Å². The van der Waals surface area contributed by atoms with Crippen molar-refractivity contribution in [3.63, 3.8) is 0 Å². The zero-order chi connectivity index (χ0) is 23.2. The van der Waals surface area contributed by atoms with Crippen LogP contribution in [0.5, 0.6) is 11.5 Å². The second-order valence-corrected chi connectivity index (χ2v) is 8.35. The first-order chi connectivity index (χ1) is 16.1. The predicted octanol–water partition coefficient (Wildman–Crippen LogP) is 4.57. The molecule has 1 atom stereocenters.